The van der Waals surface area contributed by atoms with Gasteiger partial charge in [0, 0.05) is 18.0 Å². The third-order valence-corrected chi connectivity index (χ3v) is 6.99. The van der Waals surface area contributed by atoms with E-state index in [2.05, 4.69) is 10.3 Å². The summed E-state index contributed by atoms with van der Waals surface area (Å²) < 4.78 is 5.41. The Balaban J connectivity index is 1.85. The molecular weight excluding hydrogens is 501 g/mol. The third kappa shape index (κ3) is 5.68. The van der Waals surface area contributed by atoms with Crippen LogP contribution < -0.4 is 11.1 Å². The lowest BCUT2D eigenvalue weighted by Gasteiger charge is -2.32. The van der Waals surface area contributed by atoms with Crippen molar-refractivity contribution in [2.75, 3.05) is 5.32 Å². The second-order valence-electron chi connectivity index (χ2n) is 9.60. The van der Waals surface area contributed by atoms with Gasteiger partial charge >= 0.3 is 6.09 Å². The fourth-order valence-corrected chi connectivity index (χ4v) is 5.18. The molecule has 0 aliphatic heterocycles. The SMILES string of the molecule is CC(C)CC(=O)c1cnc2ccc(-c3cc(Cl)c(O)c(Cl)c3)cc2c1NC1CCCCC1OC(N)=O. The highest BCUT2D eigenvalue weighted by Crippen LogP contribution is 2.39. The number of hydrogen-bond donors (Lipinski definition) is 3. The first-order valence-corrected chi connectivity index (χ1v) is 12.8. The largest absolute Gasteiger partial charge is 0.505 e. The number of hydrogen-bond acceptors (Lipinski definition) is 6. The number of pyridine rings is 1. The van der Waals surface area contributed by atoms with Gasteiger partial charge < -0.3 is 20.9 Å². The van der Waals surface area contributed by atoms with Crippen molar-refractivity contribution in [3.8, 4) is 16.9 Å². The molecule has 3 aromatic rings. The molecule has 190 valence electrons. The van der Waals surface area contributed by atoms with Gasteiger partial charge in [0.25, 0.3) is 0 Å². The summed E-state index contributed by atoms with van der Waals surface area (Å²) in [4.78, 5) is 29.3. The van der Waals surface area contributed by atoms with E-state index in [0.717, 1.165) is 30.2 Å². The van der Waals surface area contributed by atoms with Crippen molar-refractivity contribution in [3.05, 3.63) is 52.1 Å². The van der Waals surface area contributed by atoms with Crippen LogP contribution in [-0.4, -0.2) is 34.1 Å². The Bertz CT molecular complexity index is 1290. The zero-order valence-corrected chi connectivity index (χ0v) is 21.7. The number of ether oxygens (including phenoxy) is 1. The second kappa shape index (κ2) is 10.9. The van der Waals surface area contributed by atoms with Gasteiger partial charge in [0.15, 0.2) is 11.5 Å². The average molecular weight is 530 g/mol. The van der Waals surface area contributed by atoms with E-state index < -0.39 is 12.2 Å². The summed E-state index contributed by atoms with van der Waals surface area (Å²) in [6.07, 6.45) is 4.12. The summed E-state index contributed by atoms with van der Waals surface area (Å²) in [5.74, 6) is -0.0215. The summed E-state index contributed by atoms with van der Waals surface area (Å²) in [6, 6.07) is 8.73. The summed E-state index contributed by atoms with van der Waals surface area (Å²) in [5.41, 5.74) is 8.66. The van der Waals surface area contributed by atoms with Gasteiger partial charge in [-0.05, 0) is 60.6 Å². The maximum Gasteiger partial charge on any atom is 0.404 e. The van der Waals surface area contributed by atoms with Gasteiger partial charge in [0.2, 0.25) is 0 Å². The van der Waals surface area contributed by atoms with Crippen molar-refractivity contribution in [2.45, 2.75) is 58.1 Å². The third-order valence-electron chi connectivity index (χ3n) is 6.41. The van der Waals surface area contributed by atoms with Crippen LogP contribution in [0.4, 0.5) is 10.5 Å². The lowest BCUT2D eigenvalue weighted by atomic mass is 9.91. The zero-order chi connectivity index (χ0) is 26.0. The number of halogens is 2. The first-order valence-electron chi connectivity index (χ1n) is 12.0. The van der Waals surface area contributed by atoms with E-state index in [-0.39, 0.29) is 33.5 Å². The molecule has 0 saturated heterocycles. The van der Waals surface area contributed by atoms with Gasteiger partial charge in [0.1, 0.15) is 6.10 Å². The van der Waals surface area contributed by atoms with E-state index in [0.29, 0.717) is 35.2 Å². The van der Waals surface area contributed by atoms with Gasteiger partial charge in [-0.1, -0.05) is 49.5 Å². The molecule has 0 bridgehead atoms. The Morgan fingerprint density at radius 3 is 2.50 bits per heavy atom. The van der Waals surface area contributed by atoms with Gasteiger partial charge in [-0.25, -0.2) is 4.79 Å². The number of Topliss-reactive ketones (excluding diaryl/α,β-unsaturated/α-hetero) is 1. The number of nitrogens with zero attached hydrogens (tertiary/aromatic N) is 1. The molecule has 1 saturated carbocycles. The maximum atomic E-state index is 13.3. The van der Waals surface area contributed by atoms with Crippen LogP contribution in [0.5, 0.6) is 5.75 Å². The van der Waals surface area contributed by atoms with E-state index >= 15 is 0 Å². The highest BCUT2D eigenvalue weighted by Gasteiger charge is 2.30. The van der Waals surface area contributed by atoms with Gasteiger partial charge in [0.05, 0.1) is 32.9 Å². The minimum atomic E-state index is -0.812. The van der Waals surface area contributed by atoms with Crippen LogP contribution in [0.2, 0.25) is 10.0 Å². The summed E-state index contributed by atoms with van der Waals surface area (Å²) in [7, 11) is 0. The van der Waals surface area contributed by atoms with E-state index in [1.165, 1.54) is 0 Å². The van der Waals surface area contributed by atoms with Crippen LogP contribution in [-0.2, 0) is 4.74 Å². The van der Waals surface area contributed by atoms with Crippen LogP contribution in [0.15, 0.2) is 36.5 Å². The molecule has 1 heterocycles. The molecular formula is C27H29Cl2N3O4. The van der Waals surface area contributed by atoms with E-state index in [1.54, 1.807) is 18.3 Å². The smallest absolute Gasteiger partial charge is 0.404 e. The molecule has 2 atom stereocenters. The molecule has 1 aromatic heterocycles. The second-order valence-corrected chi connectivity index (χ2v) is 10.4. The first kappa shape index (κ1) is 26.0. The number of carbonyl (C=O) groups is 2. The molecule has 0 spiro atoms. The van der Waals surface area contributed by atoms with Gasteiger partial charge in [-0.15, -0.1) is 0 Å². The average Bonchev–Trinajstić information content (AvgIpc) is 2.82. The van der Waals surface area contributed by atoms with Crippen molar-refractivity contribution in [2.24, 2.45) is 11.7 Å². The molecule has 2 unspecified atom stereocenters. The quantitative estimate of drug-likeness (QED) is 0.285. The minimum absolute atomic E-state index is 0.0220. The summed E-state index contributed by atoms with van der Waals surface area (Å²) in [6.45, 7) is 3.99. The number of phenols is 1. The van der Waals surface area contributed by atoms with Crippen molar-refractivity contribution < 1.29 is 19.4 Å². The Labute approximate surface area is 219 Å². The number of rotatable bonds is 7. The van der Waals surface area contributed by atoms with Crippen molar-refractivity contribution >= 4 is 51.7 Å². The molecule has 1 fully saturated rings. The highest BCUT2D eigenvalue weighted by atomic mass is 35.5. The number of aromatic nitrogens is 1. The number of nitrogens with two attached hydrogens (primary N) is 1. The number of primary amides is 1. The van der Waals surface area contributed by atoms with Crippen LogP contribution >= 0.6 is 23.2 Å². The molecule has 1 aliphatic rings. The number of benzene rings is 2. The number of amides is 1. The topological polar surface area (TPSA) is 115 Å². The minimum Gasteiger partial charge on any atom is -0.505 e. The lowest BCUT2D eigenvalue weighted by molar-refractivity contribution is 0.0744. The predicted molar refractivity (Wildman–Crippen MR) is 143 cm³/mol. The fraction of sp³-hybridized carbons (Fsp3) is 0.370. The number of ketones is 1. The standard InChI is InChI=1S/C27H29Cl2N3O4/c1-14(2)9-23(33)18-13-31-21-8-7-15(16-11-19(28)26(34)20(29)12-16)10-17(21)25(18)32-22-5-3-4-6-24(22)36-27(30)35/h7-8,10-14,22,24,34H,3-6,9H2,1-2H3,(H2,30,35)(H,31,32). The fourth-order valence-electron chi connectivity index (χ4n) is 4.69. The molecule has 4 N–H and O–H groups in total. The van der Waals surface area contributed by atoms with E-state index in [1.807, 2.05) is 32.0 Å². The van der Waals surface area contributed by atoms with Crippen LogP contribution in [0.25, 0.3) is 22.0 Å². The molecule has 0 radical (unpaired) electrons. The number of nitrogens with one attached hydrogen (secondary N) is 1. The van der Waals surface area contributed by atoms with Gasteiger partial charge in [-0.2, -0.15) is 0 Å². The molecule has 4 rings (SSSR count). The summed E-state index contributed by atoms with van der Waals surface area (Å²) >= 11 is 12.3. The van der Waals surface area contributed by atoms with E-state index in [4.69, 9.17) is 33.7 Å². The Kier molecular flexibility index (Phi) is 7.91. The Morgan fingerprint density at radius 2 is 1.83 bits per heavy atom. The van der Waals surface area contributed by atoms with Gasteiger partial charge in [-0.3, -0.25) is 9.78 Å². The number of carbonyl (C=O) groups excluding carboxylic acids is 2. The normalized spacial score (nSPS) is 17.8. The molecule has 1 aliphatic carbocycles. The Hall–Kier alpha value is -3.03. The van der Waals surface area contributed by atoms with Crippen molar-refractivity contribution in [1.82, 2.24) is 4.98 Å². The highest BCUT2D eigenvalue weighted by molar-refractivity contribution is 6.37. The van der Waals surface area contributed by atoms with Crippen molar-refractivity contribution in [3.63, 3.8) is 0 Å². The molecule has 7 nitrogen and oxygen atoms in total. The number of anilines is 1. The monoisotopic (exact) mass is 529 g/mol. The lowest BCUT2D eigenvalue weighted by Crippen LogP contribution is -2.41. The van der Waals surface area contributed by atoms with Crippen LogP contribution in [0.3, 0.4) is 0 Å². The number of fused-ring (bicyclic) bond motifs is 1. The first-order chi connectivity index (χ1) is 17.1. The molecule has 2 aromatic carbocycles. The number of aromatic hydroxyl groups is 1. The Morgan fingerprint density at radius 1 is 1.14 bits per heavy atom. The van der Waals surface area contributed by atoms with Crippen molar-refractivity contribution in [1.29, 1.82) is 0 Å². The number of phenolic OH excluding ortho intramolecular Hbond substituents is 1. The van der Waals surface area contributed by atoms with Crippen LogP contribution in [0, 0.1) is 5.92 Å². The molecule has 1 amide bonds. The molecule has 36 heavy (non-hydrogen) atoms. The molecule has 9 heteroatoms. The predicted octanol–water partition coefficient (Wildman–Crippen LogP) is 6.96. The summed E-state index contributed by atoms with van der Waals surface area (Å²) in [5, 5.41) is 14.5. The maximum absolute atomic E-state index is 13.3. The van der Waals surface area contributed by atoms with E-state index in [9.17, 15) is 14.7 Å². The zero-order valence-electron chi connectivity index (χ0n) is 20.2. The van der Waals surface area contributed by atoms with Crippen LogP contribution in [0.1, 0.15) is 56.3 Å².